The maximum atomic E-state index is 11.1. The Kier molecular flexibility index (Phi) is 6.20. The fraction of sp³-hybridized carbons (Fsp3) is 0.875. The third-order valence-corrected chi connectivity index (χ3v) is 1.80. The Morgan fingerprint density at radius 3 is 2.58 bits per heavy atom. The molecule has 0 rings (SSSR count). The van der Waals surface area contributed by atoms with Crippen molar-refractivity contribution in [2.45, 2.75) is 38.0 Å². The minimum Gasteiger partial charge on any atom is -0.396 e. The minimum absolute atomic E-state index is 0.0521. The molecule has 0 spiro atoms. The summed E-state index contributed by atoms with van der Waals surface area (Å²) < 4.78 is 0. The highest BCUT2D eigenvalue weighted by Gasteiger charge is 2.10. The van der Waals surface area contributed by atoms with Gasteiger partial charge in [0.2, 0.25) is 5.91 Å². The number of rotatable bonds is 5. The number of hydrogen-bond donors (Lipinski definition) is 3. The lowest BCUT2D eigenvalue weighted by atomic mass is 10.2. The Labute approximate surface area is 79.0 Å². The number of hydrogen-bond acceptors (Lipinski definition) is 3. The van der Waals surface area contributed by atoms with Crippen molar-refractivity contribution in [2.75, 3.05) is 6.61 Å². The van der Waals surface area contributed by atoms with Gasteiger partial charge in [-0.15, -0.1) is 0 Å². The molecule has 2 atom stereocenters. The lowest BCUT2D eigenvalue weighted by Gasteiger charge is -2.14. The second kappa shape index (κ2) is 6.31. The number of thiol groups is 1. The van der Waals surface area contributed by atoms with Crippen molar-refractivity contribution in [1.82, 2.24) is 5.32 Å². The van der Waals surface area contributed by atoms with Gasteiger partial charge in [-0.1, -0.05) is 0 Å². The first-order chi connectivity index (χ1) is 5.57. The van der Waals surface area contributed by atoms with Crippen LogP contribution in [0, 0.1) is 0 Å². The summed E-state index contributed by atoms with van der Waals surface area (Å²) in [5, 5.41) is 11.1. The van der Waals surface area contributed by atoms with Crippen LogP contribution in [0.5, 0.6) is 0 Å². The highest BCUT2D eigenvalue weighted by Crippen LogP contribution is 1.98. The molecule has 4 heteroatoms. The predicted molar refractivity (Wildman–Crippen MR) is 52.4 cm³/mol. The highest BCUT2D eigenvalue weighted by atomic mass is 32.1. The smallest absolute Gasteiger partial charge is 0.232 e. The molecular formula is C8H17NO2S. The average molecular weight is 191 g/mol. The molecule has 0 saturated heterocycles. The topological polar surface area (TPSA) is 49.3 Å². The van der Waals surface area contributed by atoms with Crippen LogP contribution in [-0.2, 0) is 4.79 Å². The SMILES string of the molecule is CC(CCCO)NC(=O)C(C)S. The molecule has 3 nitrogen and oxygen atoms in total. The van der Waals surface area contributed by atoms with E-state index in [1.807, 2.05) is 6.92 Å². The first kappa shape index (κ1) is 11.8. The fourth-order valence-electron chi connectivity index (χ4n) is 0.833. The fourth-order valence-corrected chi connectivity index (χ4v) is 0.908. The molecule has 72 valence electrons. The molecule has 0 aliphatic carbocycles. The molecule has 0 aromatic rings. The van der Waals surface area contributed by atoms with Gasteiger partial charge >= 0.3 is 0 Å². The summed E-state index contributed by atoms with van der Waals surface area (Å²) in [7, 11) is 0. The summed E-state index contributed by atoms with van der Waals surface area (Å²) in [6, 6.07) is 0.124. The second-order valence-corrected chi connectivity index (χ2v) is 3.73. The van der Waals surface area contributed by atoms with Gasteiger partial charge < -0.3 is 10.4 Å². The quantitative estimate of drug-likeness (QED) is 0.557. The van der Waals surface area contributed by atoms with Crippen molar-refractivity contribution >= 4 is 18.5 Å². The predicted octanol–water partition coefficient (Wildman–Crippen LogP) is 0.582. The molecule has 0 aliphatic rings. The largest absolute Gasteiger partial charge is 0.396 e. The molecule has 0 fully saturated rings. The molecular weight excluding hydrogens is 174 g/mol. The number of carbonyl (C=O) groups is 1. The van der Waals surface area contributed by atoms with Gasteiger partial charge in [0.15, 0.2) is 0 Å². The van der Waals surface area contributed by atoms with Gasteiger partial charge in [0.1, 0.15) is 0 Å². The van der Waals surface area contributed by atoms with E-state index in [1.165, 1.54) is 0 Å². The number of amides is 1. The van der Waals surface area contributed by atoms with Crippen LogP contribution in [-0.4, -0.2) is 28.9 Å². The van der Waals surface area contributed by atoms with E-state index in [1.54, 1.807) is 6.92 Å². The average Bonchev–Trinajstić information content (AvgIpc) is 2.00. The molecule has 12 heavy (non-hydrogen) atoms. The number of aliphatic hydroxyl groups is 1. The number of aliphatic hydroxyl groups excluding tert-OH is 1. The zero-order valence-electron chi connectivity index (χ0n) is 7.58. The normalized spacial score (nSPS) is 15.3. The maximum Gasteiger partial charge on any atom is 0.232 e. The van der Waals surface area contributed by atoms with Crippen molar-refractivity contribution in [2.24, 2.45) is 0 Å². The zero-order chi connectivity index (χ0) is 9.56. The van der Waals surface area contributed by atoms with Crippen LogP contribution in [0.2, 0.25) is 0 Å². The van der Waals surface area contributed by atoms with Crippen LogP contribution < -0.4 is 5.32 Å². The van der Waals surface area contributed by atoms with Gasteiger partial charge in [-0.2, -0.15) is 12.6 Å². The van der Waals surface area contributed by atoms with E-state index in [2.05, 4.69) is 17.9 Å². The van der Waals surface area contributed by atoms with Crippen LogP contribution in [0.25, 0.3) is 0 Å². The monoisotopic (exact) mass is 191 g/mol. The van der Waals surface area contributed by atoms with Gasteiger partial charge in [0.05, 0.1) is 5.25 Å². The van der Waals surface area contributed by atoms with E-state index in [9.17, 15) is 4.79 Å². The van der Waals surface area contributed by atoms with Gasteiger partial charge in [-0.05, 0) is 26.7 Å². The third kappa shape index (κ3) is 5.43. The second-order valence-electron chi connectivity index (χ2n) is 2.95. The van der Waals surface area contributed by atoms with Crippen molar-refractivity contribution in [3.05, 3.63) is 0 Å². The Morgan fingerprint density at radius 2 is 2.17 bits per heavy atom. The lowest BCUT2D eigenvalue weighted by molar-refractivity contribution is -0.120. The lowest BCUT2D eigenvalue weighted by Crippen LogP contribution is -2.36. The molecule has 0 aromatic heterocycles. The summed E-state index contributed by atoms with van der Waals surface area (Å²) in [5.74, 6) is -0.0521. The van der Waals surface area contributed by atoms with Gasteiger partial charge in [0, 0.05) is 12.6 Å². The summed E-state index contributed by atoms with van der Waals surface area (Å²) in [4.78, 5) is 11.1. The first-order valence-electron chi connectivity index (χ1n) is 4.17. The molecule has 2 unspecified atom stereocenters. The highest BCUT2D eigenvalue weighted by molar-refractivity contribution is 7.81. The van der Waals surface area contributed by atoms with E-state index < -0.39 is 0 Å². The zero-order valence-corrected chi connectivity index (χ0v) is 8.47. The Hall–Kier alpha value is -0.220. The number of carbonyl (C=O) groups excluding carboxylic acids is 1. The summed E-state index contributed by atoms with van der Waals surface area (Å²) in [5.41, 5.74) is 0. The van der Waals surface area contributed by atoms with Crippen LogP contribution in [0.3, 0.4) is 0 Å². The van der Waals surface area contributed by atoms with E-state index in [-0.39, 0.29) is 23.8 Å². The Balaban J connectivity index is 3.54. The molecule has 0 saturated carbocycles. The molecule has 0 bridgehead atoms. The molecule has 0 heterocycles. The van der Waals surface area contributed by atoms with E-state index >= 15 is 0 Å². The van der Waals surface area contributed by atoms with Gasteiger partial charge in [-0.25, -0.2) is 0 Å². The molecule has 0 radical (unpaired) electrons. The number of nitrogens with one attached hydrogen (secondary N) is 1. The van der Waals surface area contributed by atoms with Crippen LogP contribution >= 0.6 is 12.6 Å². The molecule has 0 aliphatic heterocycles. The Morgan fingerprint density at radius 1 is 1.58 bits per heavy atom. The van der Waals surface area contributed by atoms with Crippen molar-refractivity contribution in [3.63, 3.8) is 0 Å². The van der Waals surface area contributed by atoms with Crippen molar-refractivity contribution < 1.29 is 9.90 Å². The van der Waals surface area contributed by atoms with E-state index in [0.717, 1.165) is 12.8 Å². The minimum atomic E-state index is -0.262. The summed E-state index contributed by atoms with van der Waals surface area (Å²) >= 11 is 4.00. The molecule has 0 aromatic carbocycles. The van der Waals surface area contributed by atoms with Crippen LogP contribution in [0.15, 0.2) is 0 Å². The van der Waals surface area contributed by atoms with Crippen molar-refractivity contribution in [3.8, 4) is 0 Å². The van der Waals surface area contributed by atoms with Crippen molar-refractivity contribution in [1.29, 1.82) is 0 Å². The first-order valence-corrected chi connectivity index (χ1v) is 4.69. The van der Waals surface area contributed by atoms with Gasteiger partial charge in [-0.3, -0.25) is 4.79 Å². The van der Waals surface area contributed by atoms with E-state index in [0.29, 0.717) is 0 Å². The van der Waals surface area contributed by atoms with E-state index in [4.69, 9.17) is 5.11 Å². The summed E-state index contributed by atoms with van der Waals surface area (Å²) in [6.45, 7) is 3.83. The van der Waals surface area contributed by atoms with Crippen LogP contribution in [0.4, 0.5) is 0 Å². The Bertz CT molecular complexity index is 139. The third-order valence-electron chi connectivity index (χ3n) is 1.56. The molecule has 2 N–H and O–H groups in total. The van der Waals surface area contributed by atoms with Crippen LogP contribution in [0.1, 0.15) is 26.7 Å². The maximum absolute atomic E-state index is 11.1. The summed E-state index contributed by atoms with van der Waals surface area (Å²) in [6.07, 6.45) is 1.53. The molecule has 1 amide bonds. The standard InChI is InChI=1S/C8H17NO2S/c1-6(4-3-5-10)9-8(11)7(2)12/h6-7,10,12H,3-5H2,1-2H3,(H,9,11). The van der Waals surface area contributed by atoms with Gasteiger partial charge in [0.25, 0.3) is 0 Å².